The first kappa shape index (κ1) is 14.3. The van der Waals surface area contributed by atoms with Crippen molar-refractivity contribution in [1.82, 2.24) is 4.98 Å². The first-order valence-electron chi connectivity index (χ1n) is 5.45. The van der Waals surface area contributed by atoms with E-state index in [0.29, 0.717) is 19.0 Å². The van der Waals surface area contributed by atoms with Gasteiger partial charge in [0.15, 0.2) is 0 Å². The summed E-state index contributed by atoms with van der Waals surface area (Å²) in [5.41, 5.74) is 0.703. The van der Waals surface area contributed by atoms with E-state index < -0.39 is 4.92 Å². The average molecular weight is 255 g/mol. The Morgan fingerprint density at radius 1 is 1.56 bits per heavy atom. The highest BCUT2D eigenvalue weighted by atomic mass is 16.6. The van der Waals surface area contributed by atoms with Gasteiger partial charge in [-0.1, -0.05) is 0 Å². The van der Waals surface area contributed by atoms with E-state index >= 15 is 0 Å². The summed E-state index contributed by atoms with van der Waals surface area (Å²) in [6.07, 6.45) is 1.14. The SMILES string of the molecule is COCC(CNc1ncc([N+](=O)[O-])cc1C)OC. The van der Waals surface area contributed by atoms with Gasteiger partial charge in [-0.25, -0.2) is 4.98 Å². The van der Waals surface area contributed by atoms with E-state index in [1.165, 1.54) is 12.3 Å². The fraction of sp³-hybridized carbons (Fsp3) is 0.545. The summed E-state index contributed by atoms with van der Waals surface area (Å²) in [7, 11) is 3.20. The van der Waals surface area contributed by atoms with Gasteiger partial charge in [-0.3, -0.25) is 10.1 Å². The number of ether oxygens (including phenoxy) is 2. The molecular formula is C11H17N3O4. The van der Waals surface area contributed by atoms with Crippen molar-refractivity contribution in [3.8, 4) is 0 Å². The summed E-state index contributed by atoms with van der Waals surface area (Å²) in [6.45, 7) is 2.76. The second kappa shape index (κ2) is 6.87. The van der Waals surface area contributed by atoms with Crippen LogP contribution in [0.1, 0.15) is 5.56 Å². The van der Waals surface area contributed by atoms with Gasteiger partial charge in [0, 0.05) is 26.8 Å². The molecule has 0 fully saturated rings. The fourth-order valence-electron chi connectivity index (χ4n) is 1.45. The molecule has 1 aromatic heterocycles. The standard InChI is InChI=1S/C11H17N3O4/c1-8-4-9(14(15)16)5-12-11(8)13-6-10(18-3)7-17-2/h4-5,10H,6-7H2,1-3H3,(H,12,13). The van der Waals surface area contributed by atoms with Crippen LogP contribution < -0.4 is 5.32 Å². The first-order valence-corrected chi connectivity index (χ1v) is 5.45. The summed E-state index contributed by atoms with van der Waals surface area (Å²) in [4.78, 5) is 14.1. The van der Waals surface area contributed by atoms with Crippen LogP contribution in [0.25, 0.3) is 0 Å². The molecule has 0 aliphatic rings. The molecule has 0 aromatic carbocycles. The number of nitrogens with zero attached hydrogens (tertiary/aromatic N) is 2. The predicted molar refractivity (Wildman–Crippen MR) is 66.8 cm³/mol. The third-order valence-corrected chi connectivity index (χ3v) is 2.46. The van der Waals surface area contributed by atoms with Crippen molar-refractivity contribution in [2.75, 3.05) is 32.7 Å². The predicted octanol–water partition coefficient (Wildman–Crippen LogP) is 1.37. The van der Waals surface area contributed by atoms with E-state index in [9.17, 15) is 10.1 Å². The number of hydrogen-bond acceptors (Lipinski definition) is 6. The van der Waals surface area contributed by atoms with Crippen molar-refractivity contribution in [1.29, 1.82) is 0 Å². The molecule has 100 valence electrons. The van der Waals surface area contributed by atoms with Crippen LogP contribution >= 0.6 is 0 Å². The van der Waals surface area contributed by atoms with Crippen molar-refractivity contribution in [2.24, 2.45) is 0 Å². The zero-order chi connectivity index (χ0) is 13.5. The second-order valence-electron chi connectivity index (χ2n) is 3.81. The molecule has 1 atom stereocenters. The molecule has 0 amide bonds. The van der Waals surface area contributed by atoms with Crippen LogP contribution in [0.5, 0.6) is 0 Å². The smallest absolute Gasteiger partial charge is 0.287 e. The molecule has 0 spiro atoms. The number of methoxy groups -OCH3 is 2. The fourth-order valence-corrected chi connectivity index (χ4v) is 1.45. The van der Waals surface area contributed by atoms with Crippen molar-refractivity contribution in [3.63, 3.8) is 0 Å². The second-order valence-corrected chi connectivity index (χ2v) is 3.81. The molecule has 1 N–H and O–H groups in total. The van der Waals surface area contributed by atoms with Crippen molar-refractivity contribution in [3.05, 3.63) is 27.9 Å². The van der Waals surface area contributed by atoms with Gasteiger partial charge in [-0.2, -0.15) is 0 Å². The number of anilines is 1. The maximum Gasteiger partial charge on any atom is 0.287 e. The van der Waals surface area contributed by atoms with E-state index in [1.54, 1.807) is 21.1 Å². The molecule has 1 heterocycles. The largest absolute Gasteiger partial charge is 0.382 e. The highest BCUT2D eigenvalue weighted by molar-refractivity contribution is 5.48. The Balaban J connectivity index is 2.65. The third kappa shape index (κ3) is 3.94. The van der Waals surface area contributed by atoms with Crippen LogP contribution in [0, 0.1) is 17.0 Å². The number of aromatic nitrogens is 1. The Morgan fingerprint density at radius 2 is 2.28 bits per heavy atom. The minimum Gasteiger partial charge on any atom is -0.382 e. The first-order chi connectivity index (χ1) is 8.58. The number of aryl methyl sites for hydroxylation is 1. The Hall–Kier alpha value is -1.73. The minimum atomic E-state index is -0.466. The van der Waals surface area contributed by atoms with Crippen LogP contribution in [0.3, 0.4) is 0 Å². The quantitative estimate of drug-likeness (QED) is 0.585. The zero-order valence-corrected chi connectivity index (χ0v) is 10.7. The van der Waals surface area contributed by atoms with E-state index in [2.05, 4.69) is 10.3 Å². The number of nitro groups is 1. The van der Waals surface area contributed by atoms with E-state index in [0.717, 1.165) is 5.56 Å². The van der Waals surface area contributed by atoms with Gasteiger partial charge >= 0.3 is 0 Å². The summed E-state index contributed by atoms with van der Waals surface area (Å²) < 4.78 is 10.2. The molecule has 0 saturated heterocycles. The summed E-state index contributed by atoms with van der Waals surface area (Å²) in [5, 5.41) is 13.6. The zero-order valence-electron chi connectivity index (χ0n) is 10.7. The Kier molecular flexibility index (Phi) is 5.47. The lowest BCUT2D eigenvalue weighted by molar-refractivity contribution is -0.385. The van der Waals surface area contributed by atoms with Crippen molar-refractivity contribution >= 4 is 11.5 Å². The highest BCUT2D eigenvalue weighted by Gasteiger charge is 2.11. The number of hydrogen-bond donors (Lipinski definition) is 1. The maximum absolute atomic E-state index is 10.6. The lowest BCUT2D eigenvalue weighted by atomic mass is 10.2. The highest BCUT2D eigenvalue weighted by Crippen LogP contribution is 2.17. The molecule has 18 heavy (non-hydrogen) atoms. The van der Waals surface area contributed by atoms with E-state index in [1.807, 2.05) is 0 Å². The van der Waals surface area contributed by atoms with Gasteiger partial charge in [0.1, 0.15) is 12.0 Å². The molecule has 1 aromatic rings. The lowest BCUT2D eigenvalue weighted by Crippen LogP contribution is -2.27. The number of pyridine rings is 1. The van der Waals surface area contributed by atoms with Gasteiger partial charge < -0.3 is 14.8 Å². The molecule has 0 radical (unpaired) electrons. The molecule has 1 rings (SSSR count). The summed E-state index contributed by atoms with van der Waals surface area (Å²) in [5.74, 6) is 0.610. The Morgan fingerprint density at radius 3 is 2.78 bits per heavy atom. The molecule has 7 nitrogen and oxygen atoms in total. The van der Waals surface area contributed by atoms with Gasteiger partial charge in [-0.15, -0.1) is 0 Å². The minimum absolute atomic E-state index is 0.0155. The molecule has 0 aliphatic carbocycles. The Labute approximate surface area is 105 Å². The van der Waals surface area contributed by atoms with Gasteiger partial charge in [0.2, 0.25) is 0 Å². The number of nitrogens with one attached hydrogen (secondary N) is 1. The van der Waals surface area contributed by atoms with Gasteiger partial charge in [-0.05, 0) is 12.5 Å². The van der Waals surface area contributed by atoms with Crippen LogP contribution in [-0.2, 0) is 9.47 Å². The van der Waals surface area contributed by atoms with Crippen LogP contribution in [-0.4, -0.2) is 43.4 Å². The van der Waals surface area contributed by atoms with Crippen molar-refractivity contribution < 1.29 is 14.4 Å². The molecule has 0 bridgehead atoms. The Bertz CT molecular complexity index is 411. The lowest BCUT2D eigenvalue weighted by Gasteiger charge is -2.16. The topological polar surface area (TPSA) is 86.5 Å². The molecule has 1 unspecified atom stereocenters. The number of rotatable bonds is 7. The summed E-state index contributed by atoms with van der Waals surface area (Å²) >= 11 is 0. The molecule has 0 aliphatic heterocycles. The van der Waals surface area contributed by atoms with E-state index in [4.69, 9.17) is 9.47 Å². The molecule has 7 heteroatoms. The van der Waals surface area contributed by atoms with Crippen LogP contribution in [0.4, 0.5) is 11.5 Å². The normalized spacial score (nSPS) is 12.2. The van der Waals surface area contributed by atoms with Gasteiger partial charge in [0.25, 0.3) is 5.69 Å². The van der Waals surface area contributed by atoms with E-state index in [-0.39, 0.29) is 11.8 Å². The monoisotopic (exact) mass is 255 g/mol. The average Bonchev–Trinajstić information content (AvgIpc) is 2.35. The van der Waals surface area contributed by atoms with Crippen LogP contribution in [0.15, 0.2) is 12.3 Å². The summed E-state index contributed by atoms with van der Waals surface area (Å²) in [6, 6.07) is 1.48. The third-order valence-electron chi connectivity index (χ3n) is 2.46. The van der Waals surface area contributed by atoms with Crippen LogP contribution in [0.2, 0.25) is 0 Å². The molecular weight excluding hydrogens is 238 g/mol. The molecule has 0 saturated carbocycles. The maximum atomic E-state index is 10.6. The van der Waals surface area contributed by atoms with Gasteiger partial charge in [0.05, 0.1) is 17.6 Å². The van der Waals surface area contributed by atoms with Crippen molar-refractivity contribution in [2.45, 2.75) is 13.0 Å².